The largest absolute Gasteiger partial charge is 0.466 e. The molecule has 0 aromatic rings. The molecule has 8 heteroatoms. The third kappa shape index (κ3) is 10.6. The molecule has 4 atom stereocenters. The van der Waals surface area contributed by atoms with Crippen LogP contribution in [0.5, 0.6) is 0 Å². The van der Waals surface area contributed by atoms with Gasteiger partial charge >= 0.3 is 12.1 Å². The first-order chi connectivity index (χ1) is 14.8. The lowest BCUT2D eigenvalue weighted by molar-refractivity contribution is -0.143. The molecule has 4 nitrogen and oxygen atoms in total. The Morgan fingerprint density at radius 2 is 1.69 bits per heavy atom. The van der Waals surface area contributed by atoms with Crippen molar-refractivity contribution in [1.29, 1.82) is 0 Å². The Balaban J connectivity index is 2.41. The molecule has 0 amide bonds. The molecule has 190 valence electrons. The monoisotopic (exact) mass is 484 g/mol. The predicted molar refractivity (Wildman–Crippen MR) is 124 cm³/mol. The van der Waals surface area contributed by atoms with Crippen molar-refractivity contribution in [3.05, 3.63) is 0 Å². The number of hydrogen-bond donors (Lipinski definition) is 2. The van der Waals surface area contributed by atoms with Crippen molar-refractivity contribution in [2.24, 2.45) is 11.3 Å². The first-order valence-corrected chi connectivity index (χ1v) is 13.1. The maximum Gasteiger partial charge on any atom is 0.389 e. The minimum Gasteiger partial charge on any atom is -0.466 e. The average molecular weight is 485 g/mol. The van der Waals surface area contributed by atoms with Crippen LogP contribution < -0.4 is 0 Å². The molecule has 1 aliphatic rings. The highest BCUT2D eigenvalue weighted by Crippen LogP contribution is 2.44. The van der Waals surface area contributed by atoms with Crippen LogP contribution in [0.4, 0.5) is 13.2 Å². The molecule has 0 heterocycles. The van der Waals surface area contributed by atoms with E-state index < -0.39 is 23.6 Å². The zero-order chi connectivity index (χ0) is 24.4. The second-order valence-corrected chi connectivity index (χ2v) is 11.3. The zero-order valence-electron chi connectivity index (χ0n) is 20.2. The Kier molecular flexibility index (Phi) is 12.4. The third-order valence-corrected chi connectivity index (χ3v) is 8.73. The molecule has 32 heavy (non-hydrogen) atoms. The number of aliphatic hydroxyl groups is 2. The van der Waals surface area contributed by atoms with Crippen molar-refractivity contribution in [2.75, 3.05) is 12.4 Å². The second kappa shape index (κ2) is 13.4. The Hall–Kier alpha value is -0.470. The van der Waals surface area contributed by atoms with Crippen molar-refractivity contribution >= 4 is 17.7 Å². The number of halogens is 3. The third-order valence-electron chi connectivity index (χ3n) is 6.99. The number of thioether (sulfide) groups is 1. The minimum absolute atomic E-state index is 0.0122. The Labute approximate surface area is 196 Å². The molecule has 4 unspecified atom stereocenters. The molecule has 0 aliphatic heterocycles. The number of hydrogen-bond acceptors (Lipinski definition) is 5. The maximum absolute atomic E-state index is 12.5. The van der Waals surface area contributed by atoms with Gasteiger partial charge in [-0.2, -0.15) is 24.9 Å². The quantitative estimate of drug-likeness (QED) is 0.212. The Morgan fingerprint density at radius 1 is 1.03 bits per heavy atom. The second-order valence-electron chi connectivity index (χ2n) is 10.0. The molecule has 0 saturated heterocycles. The van der Waals surface area contributed by atoms with Gasteiger partial charge in [0.05, 0.1) is 18.3 Å². The van der Waals surface area contributed by atoms with Crippen molar-refractivity contribution < 1.29 is 32.9 Å². The number of carbonyl (C=O) groups excluding carboxylic acids is 1. The van der Waals surface area contributed by atoms with Gasteiger partial charge < -0.3 is 14.9 Å². The first kappa shape index (κ1) is 29.6. The van der Waals surface area contributed by atoms with Crippen LogP contribution in [0.3, 0.4) is 0 Å². The minimum atomic E-state index is -4.16. The molecule has 1 rings (SSSR count). The smallest absolute Gasteiger partial charge is 0.389 e. The first-order valence-electron chi connectivity index (χ1n) is 12.0. The molecule has 0 aromatic carbocycles. The van der Waals surface area contributed by atoms with E-state index in [0.717, 1.165) is 44.9 Å². The molecule has 0 spiro atoms. The fourth-order valence-corrected chi connectivity index (χ4v) is 6.09. The number of unbranched alkanes of at least 4 members (excludes halogenated alkanes) is 3. The highest BCUT2D eigenvalue weighted by molar-refractivity contribution is 8.00. The van der Waals surface area contributed by atoms with Crippen LogP contribution in [0.15, 0.2) is 0 Å². The van der Waals surface area contributed by atoms with E-state index in [2.05, 4.69) is 0 Å². The highest BCUT2D eigenvalue weighted by atomic mass is 32.2. The van der Waals surface area contributed by atoms with E-state index >= 15 is 0 Å². The van der Waals surface area contributed by atoms with Gasteiger partial charge in [0.2, 0.25) is 0 Å². The summed E-state index contributed by atoms with van der Waals surface area (Å²) in [7, 11) is 0. The number of alkyl halides is 3. The van der Waals surface area contributed by atoms with Crippen molar-refractivity contribution in [1.82, 2.24) is 0 Å². The van der Waals surface area contributed by atoms with Gasteiger partial charge in [0, 0.05) is 23.8 Å². The fraction of sp³-hybridized carbons (Fsp3) is 0.958. The van der Waals surface area contributed by atoms with E-state index in [1.807, 2.05) is 13.8 Å². The summed E-state index contributed by atoms with van der Waals surface area (Å²) in [6.07, 6.45) is 1.77. The van der Waals surface area contributed by atoms with Crippen LogP contribution in [-0.2, 0) is 9.53 Å². The Bertz CT molecular complexity index is 552. The number of rotatable bonds is 15. The summed E-state index contributed by atoms with van der Waals surface area (Å²) >= 11 is 1.65. The van der Waals surface area contributed by atoms with Gasteiger partial charge in [-0.3, -0.25) is 4.79 Å². The van der Waals surface area contributed by atoms with E-state index in [4.69, 9.17) is 4.74 Å². The summed E-state index contributed by atoms with van der Waals surface area (Å²) in [5, 5.41) is 21.7. The van der Waals surface area contributed by atoms with Crippen molar-refractivity contribution in [3.8, 4) is 0 Å². The lowest BCUT2D eigenvalue weighted by Crippen LogP contribution is -2.45. The summed E-state index contributed by atoms with van der Waals surface area (Å²) in [6.45, 7) is 7.60. The van der Waals surface area contributed by atoms with Gasteiger partial charge in [-0.05, 0) is 63.7 Å². The van der Waals surface area contributed by atoms with E-state index in [1.165, 1.54) is 0 Å². The molecule has 0 aromatic heterocycles. The molecule has 0 radical (unpaired) electrons. The molecular formula is C24H43F3O4S. The van der Waals surface area contributed by atoms with E-state index in [9.17, 15) is 28.2 Å². The zero-order valence-corrected chi connectivity index (χ0v) is 21.0. The van der Waals surface area contributed by atoms with Crippen LogP contribution in [0.25, 0.3) is 0 Å². The standard InChI is InChI=1S/C24H43F3O4S/c1-5-31-21(29)12-9-7-6-8-11-18-19(28)13-14-20(18)32-17-23(4,30)22(2,3)15-10-16-24(25,26)27/h18-20,28,30H,5-17H2,1-4H3. The average Bonchev–Trinajstić information content (AvgIpc) is 3.01. The van der Waals surface area contributed by atoms with E-state index in [1.54, 1.807) is 25.6 Å². The van der Waals surface area contributed by atoms with E-state index in [0.29, 0.717) is 25.2 Å². The molecule has 1 saturated carbocycles. The number of esters is 1. The van der Waals surface area contributed by atoms with Gasteiger partial charge in [-0.25, -0.2) is 0 Å². The lowest BCUT2D eigenvalue weighted by Gasteiger charge is -2.41. The van der Waals surface area contributed by atoms with Crippen LogP contribution >= 0.6 is 11.8 Å². The summed E-state index contributed by atoms with van der Waals surface area (Å²) < 4.78 is 42.4. The molecule has 0 bridgehead atoms. The van der Waals surface area contributed by atoms with E-state index in [-0.39, 0.29) is 29.7 Å². The van der Waals surface area contributed by atoms with Crippen LogP contribution in [-0.4, -0.2) is 51.7 Å². The van der Waals surface area contributed by atoms with Gasteiger partial charge in [0.1, 0.15) is 0 Å². The highest BCUT2D eigenvalue weighted by Gasteiger charge is 2.42. The molecule has 2 N–H and O–H groups in total. The summed E-state index contributed by atoms with van der Waals surface area (Å²) in [5.74, 6) is 0.470. The maximum atomic E-state index is 12.5. The summed E-state index contributed by atoms with van der Waals surface area (Å²) in [5.41, 5.74) is -1.72. The molecular weight excluding hydrogens is 441 g/mol. The van der Waals surface area contributed by atoms with Crippen molar-refractivity contribution in [2.45, 2.75) is 121 Å². The molecule has 1 fully saturated rings. The van der Waals surface area contributed by atoms with Crippen LogP contribution in [0, 0.1) is 11.3 Å². The van der Waals surface area contributed by atoms with Gasteiger partial charge in [-0.1, -0.05) is 33.1 Å². The predicted octanol–water partition coefficient (Wildman–Crippen LogP) is 6.27. The fourth-order valence-electron chi connectivity index (χ4n) is 4.30. The van der Waals surface area contributed by atoms with Crippen LogP contribution in [0.2, 0.25) is 0 Å². The normalized spacial score (nSPS) is 23.8. The van der Waals surface area contributed by atoms with Crippen molar-refractivity contribution in [3.63, 3.8) is 0 Å². The topological polar surface area (TPSA) is 66.8 Å². The number of aliphatic hydroxyl groups excluding tert-OH is 1. The molecule has 1 aliphatic carbocycles. The van der Waals surface area contributed by atoms with Gasteiger partial charge in [0.25, 0.3) is 0 Å². The SMILES string of the molecule is CCOC(=O)CCCCCCC1C(O)CCC1SCC(C)(O)C(C)(C)CCCC(F)(F)F. The summed E-state index contributed by atoms with van der Waals surface area (Å²) in [6, 6.07) is 0. The van der Waals surface area contributed by atoms with Gasteiger partial charge in [0.15, 0.2) is 0 Å². The lowest BCUT2D eigenvalue weighted by atomic mass is 9.73. The number of carbonyl (C=O) groups is 1. The van der Waals surface area contributed by atoms with Crippen LogP contribution in [0.1, 0.15) is 98.3 Å². The van der Waals surface area contributed by atoms with Gasteiger partial charge in [-0.15, -0.1) is 0 Å². The Morgan fingerprint density at radius 3 is 2.31 bits per heavy atom. The summed E-state index contributed by atoms with van der Waals surface area (Å²) in [4.78, 5) is 11.4. The number of ether oxygens (including phenoxy) is 1.